The minimum atomic E-state index is -0.158. The number of thioether (sulfide) groups is 1. The lowest BCUT2D eigenvalue weighted by Crippen LogP contribution is -2.31. The first-order valence-corrected chi connectivity index (χ1v) is 6.70. The molecular weight excluding hydrogens is 258 g/mol. The van der Waals surface area contributed by atoms with Crippen LogP contribution >= 0.6 is 23.4 Å². The highest BCUT2D eigenvalue weighted by molar-refractivity contribution is 8.00. The Bertz CT molecular complexity index is 356. The molecule has 0 saturated heterocycles. The summed E-state index contributed by atoms with van der Waals surface area (Å²) in [4.78, 5) is 12.7. The number of halogens is 1. The van der Waals surface area contributed by atoms with Gasteiger partial charge in [0, 0.05) is 23.1 Å². The summed E-state index contributed by atoms with van der Waals surface area (Å²) in [5, 5.41) is 11.9. The van der Waals surface area contributed by atoms with Gasteiger partial charge in [0.25, 0.3) is 0 Å². The Morgan fingerprint density at radius 1 is 1.47 bits per heavy atom. The average Bonchev–Trinajstić information content (AvgIpc) is 2.32. The summed E-state index contributed by atoms with van der Waals surface area (Å²) in [6.07, 6.45) is 0.587. The van der Waals surface area contributed by atoms with Gasteiger partial charge < -0.3 is 10.4 Å². The SMILES string of the molecule is CC(Sc1ccc(Cl)cc1)C(=O)NCCCO. The van der Waals surface area contributed by atoms with Crippen molar-refractivity contribution in [1.29, 1.82) is 0 Å². The number of hydrogen-bond acceptors (Lipinski definition) is 3. The van der Waals surface area contributed by atoms with E-state index in [0.29, 0.717) is 18.0 Å². The molecule has 0 saturated carbocycles. The normalized spacial score (nSPS) is 12.2. The van der Waals surface area contributed by atoms with Gasteiger partial charge in [0.2, 0.25) is 5.91 Å². The van der Waals surface area contributed by atoms with Gasteiger partial charge in [-0.25, -0.2) is 0 Å². The van der Waals surface area contributed by atoms with Crippen LogP contribution in [0, 0.1) is 0 Å². The second-order valence-corrected chi connectivity index (χ2v) is 5.43. The van der Waals surface area contributed by atoms with E-state index in [9.17, 15) is 4.79 Å². The molecule has 1 unspecified atom stereocenters. The quantitative estimate of drug-likeness (QED) is 0.618. The van der Waals surface area contributed by atoms with Gasteiger partial charge in [-0.3, -0.25) is 4.79 Å². The molecular formula is C12H16ClNO2S. The van der Waals surface area contributed by atoms with Crippen molar-refractivity contribution in [2.75, 3.05) is 13.2 Å². The zero-order chi connectivity index (χ0) is 12.7. The van der Waals surface area contributed by atoms with Gasteiger partial charge in [0.1, 0.15) is 0 Å². The van der Waals surface area contributed by atoms with Gasteiger partial charge in [0.15, 0.2) is 0 Å². The van der Waals surface area contributed by atoms with Crippen LogP contribution in [0.3, 0.4) is 0 Å². The van der Waals surface area contributed by atoms with Crippen LogP contribution in [0.4, 0.5) is 0 Å². The molecule has 0 bridgehead atoms. The molecule has 0 heterocycles. The Kier molecular flexibility index (Phi) is 6.40. The third-order valence-corrected chi connectivity index (χ3v) is 3.49. The minimum absolute atomic E-state index is 0.0154. The second kappa shape index (κ2) is 7.58. The number of rotatable bonds is 6. The Hall–Kier alpha value is -0.710. The second-order valence-electron chi connectivity index (χ2n) is 3.58. The summed E-state index contributed by atoms with van der Waals surface area (Å²) >= 11 is 7.27. The van der Waals surface area contributed by atoms with E-state index in [1.807, 2.05) is 19.1 Å². The van der Waals surface area contributed by atoms with Crippen molar-refractivity contribution in [1.82, 2.24) is 5.32 Å². The molecule has 1 amide bonds. The van der Waals surface area contributed by atoms with Crippen LogP contribution in [0.2, 0.25) is 5.02 Å². The molecule has 0 aliphatic heterocycles. The van der Waals surface area contributed by atoms with Gasteiger partial charge in [-0.05, 0) is 37.6 Å². The fourth-order valence-corrected chi connectivity index (χ4v) is 2.22. The maximum absolute atomic E-state index is 11.6. The number of carbonyl (C=O) groups is 1. The highest BCUT2D eigenvalue weighted by Gasteiger charge is 2.13. The highest BCUT2D eigenvalue weighted by atomic mass is 35.5. The van der Waals surface area contributed by atoms with Gasteiger partial charge in [-0.15, -0.1) is 11.8 Å². The van der Waals surface area contributed by atoms with Crippen molar-refractivity contribution < 1.29 is 9.90 Å². The van der Waals surface area contributed by atoms with E-state index in [1.54, 1.807) is 12.1 Å². The number of nitrogens with one attached hydrogen (secondary N) is 1. The van der Waals surface area contributed by atoms with Gasteiger partial charge in [0.05, 0.1) is 5.25 Å². The summed E-state index contributed by atoms with van der Waals surface area (Å²) in [7, 11) is 0. The number of hydrogen-bond donors (Lipinski definition) is 2. The van der Waals surface area contributed by atoms with Crippen LogP contribution in [0.15, 0.2) is 29.2 Å². The maximum atomic E-state index is 11.6. The zero-order valence-electron chi connectivity index (χ0n) is 9.65. The van der Waals surface area contributed by atoms with Crippen LogP contribution in [-0.4, -0.2) is 29.4 Å². The number of carbonyl (C=O) groups excluding carboxylic acids is 1. The minimum Gasteiger partial charge on any atom is -0.396 e. The van der Waals surface area contributed by atoms with Crippen LogP contribution in [0.25, 0.3) is 0 Å². The first-order chi connectivity index (χ1) is 8.13. The standard InChI is InChI=1S/C12H16ClNO2S/c1-9(12(16)14-7-2-8-15)17-11-5-3-10(13)4-6-11/h3-6,9,15H,2,7-8H2,1H3,(H,14,16). The summed E-state index contributed by atoms with van der Waals surface area (Å²) in [5.41, 5.74) is 0. The lowest BCUT2D eigenvalue weighted by atomic mass is 10.4. The molecule has 1 rings (SSSR count). The molecule has 17 heavy (non-hydrogen) atoms. The topological polar surface area (TPSA) is 49.3 Å². The van der Waals surface area contributed by atoms with Crippen molar-refractivity contribution in [3.8, 4) is 0 Å². The summed E-state index contributed by atoms with van der Waals surface area (Å²) in [5.74, 6) is -0.0154. The molecule has 0 fully saturated rings. The first-order valence-electron chi connectivity index (χ1n) is 5.44. The van der Waals surface area contributed by atoms with E-state index >= 15 is 0 Å². The van der Waals surface area contributed by atoms with E-state index in [-0.39, 0.29) is 17.8 Å². The fraction of sp³-hybridized carbons (Fsp3) is 0.417. The molecule has 0 spiro atoms. The fourth-order valence-electron chi connectivity index (χ4n) is 1.21. The predicted molar refractivity (Wildman–Crippen MR) is 71.5 cm³/mol. The van der Waals surface area contributed by atoms with Crippen LogP contribution in [0.1, 0.15) is 13.3 Å². The monoisotopic (exact) mass is 273 g/mol. The molecule has 0 aliphatic rings. The molecule has 5 heteroatoms. The highest BCUT2D eigenvalue weighted by Crippen LogP contribution is 2.24. The third-order valence-electron chi connectivity index (χ3n) is 2.13. The van der Waals surface area contributed by atoms with Crippen molar-refractivity contribution >= 4 is 29.3 Å². The van der Waals surface area contributed by atoms with Crippen LogP contribution in [0.5, 0.6) is 0 Å². The molecule has 94 valence electrons. The average molecular weight is 274 g/mol. The maximum Gasteiger partial charge on any atom is 0.233 e. The number of aliphatic hydroxyl groups excluding tert-OH is 1. The molecule has 1 aromatic rings. The lowest BCUT2D eigenvalue weighted by Gasteiger charge is -2.11. The summed E-state index contributed by atoms with van der Waals surface area (Å²) in [6.45, 7) is 2.47. The predicted octanol–water partition coefficient (Wildman–Crippen LogP) is 2.32. The summed E-state index contributed by atoms with van der Waals surface area (Å²) < 4.78 is 0. The van der Waals surface area contributed by atoms with E-state index < -0.39 is 0 Å². The Morgan fingerprint density at radius 2 is 2.12 bits per heavy atom. The number of aliphatic hydroxyl groups is 1. The Morgan fingerprint density at radius 3 is 2.71 bits per heavy atom. The summed E-state index contributed by atoms with van der Waals surface area (Å²) in [6, 6.07) is 7.40. The Balaban J connectivity index is 2.40. The third kappa shape index (κ3) is 5.44. The molecule has 0 radical (unpaired) electrons. The van der Waals surface area contributed by atoms with E-state index in [4.69, 9.17) is 16.7 Å². The molecule has 0 aliphatic carbocycles. The van der Waals surface area contributed by atoms with Crippen molar-refractivity contribution in [2.45, 2.75) is 23.5 Å². The molecule has 1 aromatic carbocycles. The van der Waals surface area contributed by atoms with Gasteiger partial charge >= 0.3 is 0 Å². The molecule has 3 nitrogen and oxygen atoms in total. The number of benzene rings is 1. The van der Waals surface area contributed by atoms with Crippen molar-refractivity contribution in [2.24, 2.45) is 0 Å². The largest absolute Gasteiger partial charge is 0.396 e. The van der Waals surface area contributed by atoms with E-state index in [0.717, 1.165) is 4.90 Å². The molecule has 0 aromatic heterocycles. The van der Waals surface area contributed by atoms with Gasteiger partial charge in [-0.1, -0.05) is 11.6 Å². The smallest absolute Gasteiger partial charge is 0.233 e. The van der Waals surface area contributed by atoms with Crippen LogP contribution < -0.4 is 5.32 Å². The first kappa shape index (κ1) is 14.4. The molecule has 2 N–H and O–H groups in total. The van der Waals surface area contributed by atoms with E-state index in [2.05, 4.69) is 5.32 Å². The Labute approximate surface area is 111 Å². The van der Waals surface area contributed by atoms with Gasteiger partial charge in [-0.2, -0.15) is 0 Å². The molecule has 1 atom stereocenters. The van der Waals surface area contributed by atoms with Crippen molar-refractivity contribution in [3.05, 3.63) is 29.3 Å². The van der Waals surface area contributed by atoms with E-state index in [1.165, 1.54) is 11.8 Å². The number of amides is 1. The lowest BCUT2D eigenvalue weighted by molar-refractivity contribution is -0.120. The zero-order valence-corrected chi connectivity index (χ0v) is 11.2. The van der Waals surface area contributed by atoms with Crippen LogP contribution in [-0.2, 0) is 4.79 Å². The van der Waals surface area contributed by atoms with Crippen molar-refractivity contribution in [3.63, 3.8) is 0 Å².